The maximum atomic E-state index is 5.82. The molecule has 2 N–H and O–H groups in total. The highest BCUT2D eigenvalue weighted by Gasteiger charge is 2.30. The monoisotopic (exact) mass is 183 g/mol. The topological polar surface area (TPSA) is 26.0 Å². The van der Waals surface area contributed by atoms with E-state index in [-0.39, 0.29) is 0 Å². The van der Waals surface area contributed by atoms with Crippen LogP contribution >= 0.6 is 0 Å². The molecule has 0 aromatic rings. The van der Waals surface area contributed by atoms with Gasteiger partial charge < -0.3 is 5.73 Å². The predicted octanol–water partition coefficient (Wildman–Crippen LogP) is 3.04. The fourth-order valence-corrected chi connectivity index (χ4v) is 2.84. The summed E-state index contributed by atoms with van der Waals surface area (Å²) in [5, 5.41) is 0. The summed E-state index contributed by atoms with van der Waals surface area (Å²) in [5.74, 6) is 3.50. The van der Waals surface area contributed by atoms with Crippen LogP contribution in [0, 0.1) is 23.7 Å². The molecule has 3 unspecified atom stereocenters. The summed E-state index contributed by atoms with van der Waals surface area (Å²) in [5.41, 5.74) is 5.82. The Morgan fingerprint density at radius 1 is 1.31 bits per heavy atom. The first-order valence-electron chi connectivity index (χ1n) is 5.89. The van der Waals surface area contributed by atoms with Crippen molar-refractivity contribution in [1.29, 1.82) is 0 Å². The van der Waals surface area contributed by atoms with Crippen LogP contribution in [-0.4, -0.2) is 6.54 Å². The molecule has 1 fully saturated rings. The molecule has 1 nitrogen and oxygen atoms in total. The zero-order valence-electron chi connectivity index (χ0n) is 9.42. The van der Waals surface area contributed by atoms with E-state index in [9.17, 15) is 0 Å². The average molecular weight is 183 g/mol. The van der Waals surface area contributed by atoms with Crippen molar-refractivity contribution in [1.82, 2.24) is 0 Å². The molecule has 78 valence electrons. The Bertz CT molecular complexity index is 142. The van der Waals surface area contributed by atoms with Gasteiger partial charge in [-0.2, -0.15) is 0 Å². The fourth-order valence-electron chi connectivity index (χ4n) is 2.84. The van der Waals surface area contributed by atoms with Gasteiger partial charge in [-0.05, 0) is 43.1 Å². The zero-order valence-corrected chi connectivity index (χ0v) is 9.42. The van der Waals surface area contributed by atoms with Crippen molar-refractivity contribution < 1.29 is 0 Å². The average Bonchev–Trinajstić information content (AvgIpc) is 2.16. The van der Waals surface area contributed by atoms with Crippen molar-refractivity contribution in [2.45, 2.75) is 46.5 Å². The number of hydrogen-bond acceptors (Lipinski definition) is 1. The molecule has 0 aromatic heterocycles. The minimum absolute atomic E-state index is 0.808. The molecule has 1 saturated carbocycles. The predicted molar refractivity (Wildman–Crippen MR) is 58.5 cm³/mol. The zero-order chi connectivity index (χ0) is 9.84. The maximum absolute atomic E-state index is 5.82. The second-order valence-electron chi connectivity index (χ2n) is 4.99. The Labute approximate surface area is 83.1 Å². The highest BCUT2D eigenvalue weighted by Crippen LogP contribution is 2.38. The molecule has 3 atom stereocenters. The van der Waals surface area contributed by atoms with E-state index in [2.05, 4.69) is 20.8 Å². The minimum Gasteiger partial charge on any atom is -0.330 e. The molecule has 1 rings (SSSR count). The fraction of sp³-hybridized carbons (Fsp3) is 1.00. The molecule has 0 bridgehead atoms. The molecule has 0 heterocycles. The van der Waals surface area contributed by atoms with Gasteiger partial charge in [0.05, 0.1) is 0 Å². The summed E-state index contributed by atoms with van der Waals surface area (Å²) in [7, 11) is 0. The summed E-state index contributed by atoms with van der Waals surface area (Å²) < 4.78 is 0. The smallest absolute Gasteiger partial charge is 0.00461 e. The van der Waals surface area contributed by atoms with Gasteiger partial charge in [-0.1, -0.05) is 33.6 Å². The Balaban J connectivity index is 2.52. The van der Waals surface area contributed by atoms with Gasteiger partial charge in [-0.3, -0.25) is 0 Å². The van der Waals surface area contributed by atoms with E-state index in [4.69, 9.17) is 5.73 Å². The van der Waals surface area contributed by atoms with Crippen LogP contribution < -0.4 is 5.73 Å². The largest absolute Gasteiger partial charge is 0.330 e. The van der Waals surface area contributed by atoms with E-state index < -0.39 is 0 Å². The molecule has 0 amide bonds. The third-order valence-electron chi connectivity index (χ3n) is 3.89. The molecule has 1 aliphatic carbocycles. The summed E-state index contributed by atoms with van der Waals surface area (Å²) in [6.07, 6.45) is 5.58. The van der Waals surface area contributed by atoms with Crippen molar-refractivity contribution in [3.8, 4) is 0 Å². The first kappa shape index (κ1) is 11.0. The van der Waals surface area contributed by atoms with Crippen molar-refractivity contribution in [3.05, 3.63) is 0 Å². The molecular formula is C12H25N. The van der Waals surface area contributed by atoms with Gasteiger partial charge in [-0.25, -0.2) is 0 Å². The molecule has 13 heavy (non-hydrogen) atoms. The molecule has 0 saturated heterocycles. The van der Waals surface area contributed by atoms with Crippen molar-refractivity contribution in [2.75, 3.05) is 6.54 Å². The molecular weight excluding hydrogens is 158 g/mol. The van der Waals surface area contributed by atoms with Crippen LogP contribution in [0.4, 0.5) is 0 Å². The summed E-state index contributed by atoms with van der Waals surface area (Å²) in [4.78, 5) is 0. The standard InChI is InChI=1S/C12H25N/c1-4-10-5-6-11(8-13)12(7-10)9(2)3/h9-12H,4-8,13H2,1-3H3. The Kier molecular flexibility index (Phi) is 4.24. The number of rotatable bonds is 3. The van der Waals surface area contributed by atoms with Gasteiger partial charge in [0.25, 0.3) is 0 Å². The van der Waals surface area contributed by atoms with Crippen LogP contribution in [0.15, 0.2) is 0 Å². The van der Waals surface area contributed by atoms with E-state index in [1.165, 1.54) is 25.7 Å². The van der Waals surface area contributed by atoms with Crippen molar-refractivity contribution >= 4 is 0 Å². The third kappa shape index (κ3) is 2.70. The SMILES string of the molecule is CCC1CCC(CN)C(C(C)C)C1. The van der Waals surface area contributed by atoms with Crippen LogP contribution in [0.1, 0.15) is 46.5 Å². The maximum Gasteiger partial charge on any atom is -0.00461 e. The van der Waals surface area contributed by atoms with Crippen LogP contribution in [-0.2, 0) is 0 Å². The highest BCUT2D eigenvalue weighted by atomic mass is 14.6. The lowest BCUT2D eigenvalue weighted by molar-refractivity contribution is 0.137. The Morgan fingerprint density at radius 2 is 2.00 bits per heavy atom. The third-order valence-corrected chi connectivity index (χ3v) is 3.89. The second kappa shape index (κ2) is 4.99. The molecule has 0 aliphatic heterocycles. The number of hydrogen-bond donors (Lipinski definition) is 1. The number of nitrogens with two attached hydrogens (primary N) is 1. The lowest BCUT2D eigenvalue weighted by Gasteiger charge is -2.37. The van der Waals surface area contributed by atoms with Gasteiger partial charge in [0, 0.05) is 0 Å². The molecule has 1 aliphatic rings. The Hall–Kier alpha value is -0.0400. The van der Waals surface area contributed by atoms with Gasteiger partial charge in [-0.15, -0.1) is 0 Å². The van der Waals surface area contributed by atoms with E-state index in [0.717, 1.165) is 30.2 Å². The summed E-state index contributed by atoms with van der Waals surface area (Å²) >= 11 is 0. The summed E-state index contributed by atoms with van der Waals surface area (Å²) in [6.45, 7) is 7.93. The first-order chi connectivity index (χ1) is 6.19. The normalized spacial score (nSPS) is 35.3. The van der Waals surface area contributed by atoms with Crippen molar-refractivity contribution in [2.24, 2.45) is 29.4 Å². The lowest BCUT2D eigenvalue weighted by atomic mass is 9.69. The quantitative estimate of drug-likeness (QED) is 0.715. The van der Waals surface area contributed by atoms with Gasteiger partial charge in [0.2, 0.25) is 0 Å². The van der Waals surface area contributed by atoms with Crippen LogP contribution in [0.2, 0.25) is 0 Å². The lowest BCUT2D eigenvalue weighted by Crippen LogP contribution is -2.33. The molecule has 1 heteroatoms. The van der Waals surface area contributed by atoms with Crippen LogP contribution in [0.25, 0.3) is 0 Å². The van der Waals surface area contributed by atoms with Crippen LogP contribution in [0.5, 0.6) is 0 Å². The van der Waals surface area contributed by atoms with Gasteiger partial charge >= 0.3 is 0 Å². The van der Waals surface area contributed by atoms with E-state index in [0.29, 0.717) is 0 Å². The van der Waals surface area contributed by atoms with Gasteiger partial charge in [0.15, 0.2) is 0 Å². The van der Waals surface area contributed by atoms with Crippen molar-refractivity contribution in [3.63, 3.8) is 0 Å². The Morgan fingerprint density at radius 3 is 2.46 bits per heavy atom. The highest BCUT2D eigenvalue weighted by molar-refractivity contribution is 4.81. The van der Waals surface area contributed by atoms with E-state index >= 15 is 0 Å². The first-order valence-corrected chi connectivity index (χ1v) is 5.89. The second-order valence-corrected chi connectivity index (χ2v) is 4.99. The molecule has 0 spiro atoms. The van der Waals surface area contributed by atoms with Gasteiger partial charge in [0.1, 0.15) is 0 Å². The molecule has 0 radical (unpaired) electrons. The van der Waals surface area contributed by atoms with E-state index in [1.807, 2.05) is 0 Å². The minimum atomic E-state index is 0.808. The molecule has 0 aromatic carbocycles. The van der Waals surface area contributed by atoms with Crippen LogP contribution in [0.3, 0.4) is 0 Å². The summed E-state index contributed by atoms with van der Waals surface area (Å²) in [6, 6.07) is 0. The van der Waals surface area contributed by atoms with E-state index in [1.54, 1.807) is 0 Å².